The fraction of sp³-hybridized carbons (Fsp3) is 0.455. The second-order valence-corrected chi connectivity index (χ2v) is 4.69. The molecule has 14 heavy (non-hydrogen) atoms. The molecule has 1 unspecified atom stereocenters. The van der Waals surface area contributed by atoms with Crippen molar-refractivity contribution in [1.29, 1.82) is 0 Å². The fourth-order valence-electron chi connectivity index (χ4n) is 1.91. The van der Waals surface area contributed by atoms with Crippen molar-refractivity contribution in [3.8, 4) is 5.75 Å². The minimum Gasteiger partial charge on any atom is -0.508 e. The number of benzene rings is 1. The first-order valence-electron chi connectivity index (χ1n) is 4.96. The molecule has 0 aliphatic carbocycles. The molecule has 0 radical (unpaired) electrons. The van der Waals surface area contributed by atoms with Crippen molar-refractivity contribution in [2.24, 2.45) is 0 Å². The number of aromatic hydroxyl groups is 1. The van der Waals surface area contributed by atoms with Crippen molar-refractivity contribution in [3.05, 3.63) is 28.2 Å². The van der Waals surface area contributed by atoms with Gasteiger partial charge in [0.25, 0.3) is 0 Å². The van der Waals surface area contributed by atoms with Crippen LogP contribution in [0.2, 0.25) is 0 Å². The minimum absolute atomic E-state index is 0.396. The Hall–Kier alpha value is -0.540. The Morgan fingerprint density at radius 2 is 2.36 bits per heavy atom. The van der Waals surface area contributed by atoms with E-state index in [4.69, 9.17) is 0 Å². The maximum absolute atomic E-state index is 9.69. The summed E-state index contributed by atoms with van der Waals surface area (Å²) in [5.41, 5.74) is 1.03. The van der Waals surface area contributed by atoms with Crippen LogP contribution in [0.4, 0.5) is 0 Å². The van der Waals surface area contributed by atoms with E-state index in [9.17, 15) is 5.11 Å². The maximum Gasteiger partial charge on any atom is 0.119 e. The van der Waals surface area contributed by atoms with Crippen LogP contribution in [0.3, 0.4) is 0 Å². The molecule has 1 atom stereocenters. The number of hydrogen-bond donors (Lipinski definition) is 2. The van der Waals surface area contributed by atoms with Crippen LogP contribution in [-0.4, -0.2) is 17.7 Å². The van der Waals surface area contributed by atoms with E-state index >= 15 is 0 Å². The van der Waals surface area contributed by atoms with Crippen molar-refractivity contribution in [2.75, 3.05) is 6.54 Å². The third-order valence-electron chi connectivity index (χ3n) is 2.68. The van der Waals surface area contributed by atoms with Crippen molar-refractivity contribution < 1.29 is 5.11 Å². The van der Waals surface area contributed by atoms with Crippen LogP contribution in [0, 0.1) is 0 Å². The Labute approximate surface area is 92.5 Å². The first-order valence-corrected chi connectivity index (χ1v) is 5.76. The van der Waals surface area contributed by atoms with Gasteiger partial charge in [-0.25, -0.2) is 0 Å². The van der Waals surface area contributed by atoms with E-state index in [1.54, 1.807) is 6.07 Å². The van der Waals surface area contributed by atoms with Crippen LogP contribution >= 0.6 is 15.9 Å². The lowest BCUT2D eigenvalue weighted by Gasteiger charge is -2.11. The molecule has 0 aromatic heterocycles. The molecule has 2 nitrogen and oxygen atoms in total. The van der Waals surface area contributed by atoms with Gasteiger partial charge in [0.1, 0.15) is 5.75 Å². The highest BCUT2D eigenvalue weighted by atomic mass is 79.9. The smallest absolute Gasteiger partial charge is 0.119 e. The summed E-state index contributed by atoms with van der Waals surface area (Å²) >= 11 is 3.33. The normalized spacial score (nSPS) is 21.4. The van der Waals surface area contributed by atoms with E-state index in [-0.39, 0.29) is 0 Å². The molecule has 1 aromatic carbocycles. The van der Waals surface area contributed by atoms with Gasteiger partial charge in [-0.3, -0.25) is 0 Å². The lowest BCUT2D eigenvalue weighted by Crippen LogP contribution is -2.23. The molecule has 1 fully saturated rings. The third kappa shape index (κ3) is 2.28. The molecule has 1 aromatic rings. The highest BCUT2D eigenvalue weighted by molar-refractivity contribution is 9.10. The standard InChI is InChI=1S/C11H14BrNO/c12-9-4-3-8(11(14)7-9)6-10-2-1-5-13-10/h3-4,7,10,13-14H,1-2,5-6H2. The van der Waals surface area contributed by atoms with Gasteiger partial charge >= 0.3 is 0 Å². The predicted molar refractivity (Wildman–Crippen MR) is 60.5 cm³/mol. The summed E-state index contributed by atoms with van der Waals surface area (Å²) in [5, 5.41) is 13.1. The first kappa shape index (κ1) is 9.99. The van der Waals surface area contributed by atoms with E-state index in [0.29, 0.717) is 11.8 Å². The third-order valence-corrected chi connectivity index (χ3v) is 3.17. The zero-order valence-electron chi connectivity index (χ0n) is 7.96. The van der Waals surface area contributed by atoms with Gasteiger partial charge in [-0.05, 0) is 43.5 Å². The van der Waals surface area contributed by atoms with Gasteiger partial charge in [-0.15, -0.1) is 0 Å². The molecule has 2 N–H and O–H groups in total. The summed E-state index contributed by atoms with van der Waals surface area (Å²) in [7, 11) is 0. The molecule has 1 aliphatic heterocycles. The molecular formula is C11H14BrNO. The zero-order valence-corrected chi connectivity index (χ0v) is 9.55. The Bertz CT molecular complexity index is 321. The Balaban J connectivity index is 2.08. The molecule has 0 amide bonds. The second kappa shape index (κ2) is 4.32. The van der Waals surface area contributed by atoms with E-state index in [0.717, 1.165) is 23.0 Å². The monoisotopic (exact) mass is 255 g/mol. The van der Waals surface area contributed by atoms with Gasteiger partial charge in [0.05, 0.1) is 0 Å². The SMILES string of the molecule is Oc1cc(Br)ccc1CC1CCCN1. The molecule has 0 spiro atoms. The van der Waals surface area contributed by atoms with Crippen LogP contribution in [0.15, 0.2) is 22.7 Å². The molecule has 1 saturated heterocycles. The Kier molecular flexibility index (Phi) is 3.08. The first-order chi connectivity index (χ1) is 6.75. The van der Waals surface area contributed by atoms with Gasteiger partial charge < -0.3 is 10.4 Å². The van der Waals surface area contributed by atoms with Gasteiger partial charge in [0, 0.05) is 10.5 Å². The number of nitrogens with one attached hydrogen (secondary N) is 1. The lowest BCUT2D eigenvalue weighted by molar-refractivity contribution is 0.461. The molecule has 2 rings (SSSR count). The van der Waals surface area contributed by atoms with Gasteiger partial charge in [-0.2, -0.15) is 0 Å². The van der Waals surface area contributed by atoms with E-state index in [1.165, 1.54) is 12.8 Å². The van der Waals surface area contributed by atoms with E-state index < -0.39 is 0 Å². The fourth-order valence-corrected chi connectivity index (χ4v) is 2.26. The highest BCUT2D eigenvalue weighted by Gasteiger charge is 2.15. The van der Waals surface area contributed by atoms with Gasteiger partial charge in [0.15, 0.2) is 0 Å². The lowest BCUT2D eigenvalue weighted by atomic mass is 10.0. The van der Waals surface area contributed by atoms with Gasteiger partial charge in [-0.1, -0.05) is 22.0 Å². The number of halogens is 1. The molecule has 0 bridgehead atoms. The quantitative estimate of drug-likeness (QED) is 0.851. The molecular weight excluding hydrogens is 242 g/mol. The summed E-state index contributed by atoms with van der Waals surface area (Å²) in [6.07, 6.45) is 3.40. The van der Waals surface area contributed by atoms with Crippen molar-refractivity contribution in [3.63, 3.8) is 0 Å². The minimum atomic E-state index is 0.396. The summed E-state index contributed by atoms with van der Waals surface area (Å²) in [6, 6.07) is 6.26. The largest absolute Gasteiger partial charge is 0.508 e. The van der Waals surface area contributed by atoms with Crippen LogP contribution in [0.25, 0.3) is 0 Å². The summed E-state index contributed by atoms with van der Waals surface area (Å²) < 4.78 is 0.929. The number of rotatable bonds is 2. The highest BCUT2D eigenvalue weighted by Crippen LogP contribution is 2.24. The molecule has 1 aliphatic rings. The Morgan fingerprint density at radius 1 is 1.50 bits per heavy atom. The van der Waals surface area contributed by atoms with E-state index in [1.807, 2.05) is 12.1 Å². The van der Waals surface area contributed by atoms with Gasteiger partial charge in [0.2, 0.25) is 0 Å². The number of phenols is 1. The number of phenolic OH excluding ortho intramolecular Hbond substituents is 1. The van der Waals surface area contributed by atoms with Crippen molar-refractivity contribution in [2.45, 2.75) is 25.3 Å². The molecule has 3 heteroatoms. The van der Waals surface area contributed by atoms with Crippen LogP contribution in [0.1, 0.15) is 18.4 Å². The average molecular weight is 256 g/mol. The average Bonchev–Trinajstić information content (AvgIpc) is 2.62. The second-order valence-electron chi connectivity index (χ2n) is 3.77. The maximum atomic E-state index is 9.69. The zero-order chi connectivity index (χ0) is 9.97. The van der Waals surface area contributed by atoms with Crippen LogP contribution in [-0.2, 0) is 6.42 Å². The number of hydrogen-bond acceptors (Lipinski definition) is 2. The molecule has 76 valence electrons. The predicted octanol–water partition coefficient (Wildman–Crippen LogP) is 2.45. The summed E-state index contributed by atoms with van der Waals surface area (Å²) in [5.74, 6) is 0.396. The summed E-state index contributed by atoms with van der Waals surface area (Å²) in [6.45, 7) is 1.11. The molecule has 0 saturated carbocycles. The van der Waals surface area contributed by atoms with Crippen LogP contribution in [0.5, 0.6) is 5.75 Å². The van der Waals surface area contributed by atoms with Crippen molar-refractivity contribution >= 4 is 15.9 Å². The van der Waals surface area contributed by atoms with Crippen molar-refractivity contribution in [1.82, 2.24) is 5.32 Å². The van der Waals surface area contributed by atoms with Crippen LogP contribution < -0.4 is 5.32 Å². The Morgan fingerprint density at radius 3 is 3.00 bits per heavy atom. The topological polar surface area (TPSA) is 32.3 Å². The molecule has 1 heterocycles. The summed E-state index contributed by atoms with van der Waals surface area (Å²) in [4.78, 5) is 0. The van der Waals surface area contributed by atoms with E-state index in [2.05, 4.69) is 21.2 Å².